The van der Waals surface area contributed by atoms with Gasteiger partial charge in [0.05, 0.1) is 0 Å². The number of aryl methyl sites for hydroxylation is 1. The van der Waals surface area contributed by atoms with Crippen molar-refractivity contribution in [2.75, 3.05) is 0 Å². The molecule has 0 saturated heterocycles. The Morgan fingerprint density at radius 2 is 1.89 bits per heavy atom. The number of nitrogens with one attached hydrogen (secondary N) is 1. The molecule has 1 aliphatic rings. The average Bonchev–Trinajstić information content (AvgIpc) is 2.83. The summed E-state index contributed by atoms with van der Waals surface area (Å²) in [6.07, 6.45) is 5.72. The lowest BCUT2D eigenvalue weighted by atomic mass is 9.94. The van der Waals surface area contributed by atoms with Gasteiger partial charge < -0.3 is 11.1 Å². The molecule has 1 saturated carbocycles. The van der Waals surface area contributed by atoms with Crippen LogP contribution < -0.4 is 11.1 Å². The van der Waals surface area contributed by atoms with E-state index in [4.69, 9.17) is 5.73 Å². The minimum absolute atomic E-state index is 0.0790. The molecule has 19 heavy (non-hydrogen) atoms. The molecule has 0 unspecified atom stereocenters. The molecule has 104 valence electrons. The summed E-state index contributed by atoms with van der Waals surface area (Å²) in [5.41, 5.74) is 8.47. The number of nitrogens with two attached hydrogens (primary N) is 1. The highest BCUT2D eigenvalue weighted by Gasteiger charge is 2.31. The third-order valence-corrected chi connectivity index (χ3v) is 4.09. The summed E-state index contributed by atoms with van der Waals surface area (Å²) in [5.74, 6) is 0.0790. The number of amides is 1. The molecule has 1 fully saturated rings. The van der Waals surface area contributed by atoms with E-state index in [0.717, 1.165) is 32.1 Å². The monoisotopic (exact) mass is 260 g/mol. The van der Waals surface area contributed by atoms with Gasteiger partial charge in [-0.2, -0.15) is 0 Å². The van der Waals surface area contributed by atoms with E-state index < -0.39 is 0 Å². The van der Waals surface area contributed by atoms with Crippen LogP contribution in [0, 0.1) is 0 Å². The third-order valence-electron chi connectivity index (χ3n) is 4.09. The SMILES string of the molecule is CCc1ccccc1CNC(=O)CC1(N)CCCC1. The first kappa shape index (κ1) is 14.1. The van der Waals surface area contributed by atoms with E-state index in [1.54, 1.807) is 0 Å². The first-order valence-electron chi connectivity index (χ1n) is 7.25. The van der Waals surface area contributed by atoms with Gasteiger partial charge in [-0.15, -0.1) is 0 Å². The molecule has 2 rings (SSSR count). The highest BCUT2D eigenvalue weighted by atomic mass is 16.1. The lowest BCUT2D eigenvalue weighted by Crippen LogP contribution is -2.42. The fraction of sp³-hybridized carbons (Fsp3) is 0.562. The van der Waals surface area contributed by atoms with E-state index in [9.17, 15) is 4.79 Å². The van der Waals surface area contributed by atoms with Crippen LogP contribution in [0.2, 0.25) is 0 Å². The molecule has 3 heteroatoms. The van der Waals surface area contributed by atoms with Crippen LogP contribution in [0.25, 0.3) is 0 Å². The molecule has 0 spiro atoms. The molecule has 0 aromatic heterocycles. The quantitative estimate of drug-likeness (QED) is 0.854. The molecule has 3 N–H and O–H groups in total. The molecular formula is C16H24N2O. The normalized spacial score (nSPS) is 17.4. The summed E-state index contributed by atoms with van der Waals surface area (Å²) in [7, 11) is 0. The minimum atomic E-state index is -0.256. The molecule has 0 radical (unpaired) electrons. The fourth-order valence-electron chi connectivity index (χ4n) is 2.91. The standard InChI is InChI=1S/C16H24N2O/c1-2-13-7-3-4-8-14(13)12-18-15(19)11-16(17)9-5-6-10-16/h3-4,7-8H,2,5-6,9-12,17H2,1H3,(H,18,19). The number of carbonyl (C=O) groups excluding carboxylic acids is 1. The van der Waals surface area contributed by atoms with E-state index in [-0.39, 0.29) is 11.4 Å². The van der Waals surface area contributed by atoms with Gasteiger partial charge in [0.25, 0.3) is 0 Å². The number of hydrogen-bond donors (Lipinski definition) is 2. The van der Waals surface area contributed by atoms with Crippen molar-refractivity contribution >= 4 is 5.91 Å². The molecule has 1 amide bonds. The zero-order valence-corrected chi connectivity index (χ0v) is 11.7. The summed E-state index contributed by atoms with van der Waals surface area (Å²) in [6, 6.07) is 8.25. The minimum Gasteiger partial charge on any atom is -0.352 e. The first-order valence-corrected chi connectivity index (χ1v) is 7.25. The van der Waals surface area contributed by atoms with Gasteiger partial charge in [-0.1, -0.05) is 44.0 Å². The van der Waals surface area contributed by atoms with Crippen LogP contribution in [-0.4, -0.2) is 11.4 Å². The number of rotatable bonds is 5. The molecule has 1 aliphatic carbocycles. The van der Waals surface area contributed by atoms with Gasteiger partial charge in [0.2, 0.25) is 5.91 Å². The second-order valence-electron chi connectivity index (χ2n) is 5.65. The Hall–Kier alpha value is -1.35. The Morgan fingerprint density at radius 3 is 2.53 bits per heavy atom. The van der Waals surface area contributed by atoms with Crippen LogP contribution >= 0.6 is 0 Å². The Kier molecular flexibility index (Phi) is 4.59. The van der Waals surface area contributed by atoms with Crippen LogP contribution in [0.5, 0.6) is 0 Å². The van der Waals surface area contributed by atoms with E-state index in [2.05, 4.69) is 24.4 Å². The average molecular weight is 260 g/mol. The molecule has 3 nitrogen and oxygen atoms in total. The van der Waals surface area contributed by atoms with Gasteiger partial charge >= 0.3 is 0 Å². The van der Waals surface area contributed by atoms with Gasteiger partial charge in [-0.05, 0) is 30.4 Å². The molecule has 1 aromatic rings. The Bertz CT molecular complexity index is 436. The summed E-state index contributed by atoms with van der Waals surface area (Å²) in [6.45, 7) is 2.74. The third kappa shape index (κ3) is 3.80. The van der Waals surface area contributed by atoms with Crippen LogP contribution in [-0.2, 0) is 17.8 Å². The zero-order chi connectivity index (χ0) is 13.7. The van der Waals surface area contributed by atoms with Gasteiger partial charge in [-0.3, -0.25) is 4.79 Å². The predicted molar refractivity (Wildman–Crippen MR) is 77.7 cm³/mol. The Balaban J connectivity index is 1.86. The number of hydrogen-bond acceptors (Lipinski definition) is 2. The lowest BCUT2D eigenvalue weighted by molar-refractivity contribution is -0.122. The predicted octanol–water partition coefficient (Wildman–Crippen LogP) is 2.53. The van der Waals surface area contributed by atoms with Crippen LogP contribution in [0.3, 0.4) is 0 Å². The van der Waals surface area contributed by atoms with Gasteiger partial charge in [0.1, 0.15) is 0 Å². The van der Waals surface area contributed by atoms with Crippen molar-refractivity contribution < 1.29 is 4.79 Å². The van der Waals surface area contributed by atoms with Crippen LogP contribution in [0.15, 0.2) is 24.3 Å². The maximum absolute atomic E-state index is 12.0. The molecular weight excluding hydrogens is 236 g/mol. The maximum Gasteiger partial charge on any atom is 0.222 e. The smallest absolute Gasteiger partial charge is 0.222 e. The van der Waals surface area contributed by atoms with E-state index in [1.165, 1.54) is 11.1 Å². The van der Waals surface area contributed by atoms with E-state index in [0.29, 0.717) is 13.0 Å². The molecule has 0 aliphatic heterocycles. The maximum atomic E-state index is 12.0. The van der Waals surface area contributed by atoms with Crippen molar-refractivity contribution in [3.05, 3.63) is 35.4 Å². The molecule has 0 heterocycles. The van der Waals surface area contributed by atoms with E-state index in [1.807, 2.05) is 12.1 Å². The summed E-state index contributed by atoms with van der Waals surface area (Å²) in [5, 5.41) is 3.01. The highest BCUT2D eigenvalue weighted by Crippen LogP contribution is 2.29. The second-order valence-corrected chi connectivity index (χ2v) is 5.65. The zero-order valence-electron chi connectivity index (χ0n) is 11.7. The van der Waals surface area contributed by atoms with Gasteiger partial charge in [0, 0.05) is 18.5 Å². The summed E-state index contributed by atoms with van der Waals surface area (Å²) in [4.78, 5) is 12.0. The molecule has 0 bridgehead atoms. The first-order chi connectivity index (χ1) is 9.13. The molecule has 1 aromatic carbocycles. The summed E-state index contributed by atoms with van der Waals surface area (Å²) >= 11 is 0. The van der Waals surface area contributed by atoms with Crippen molar-refractivity contribution in [2.24, 2.45) is 5.73 Å². The Labute approximate surface area is 115 Å². The van der Waals surface area contributed by atoms with Gasteiger partial charge in [-0.25, -0.2) is 0 Å². The largest absolute Gasteiger partial charge is 0.352 e. The summed E-state index contributed by atoms with van der Waals surface area (Å²) < 4.78 is 0. The van der Waals surface area contributed by atoms with Crippen molar-refractivity contribution in [3.63, 3.8) is 0 Å². The van der Waals surface area contributed by atoms with Crippen molar-refractivity contribution in [3.8, 4) is 0 Å². The van der Waals surface area contributed by atoms with E-state index >= 15 is 0 Å². The van der Waals surface area contributed by atoms with Gasteiger partial charge in [0.15, 0.2) is 0 Å². The van der Waals surface area contributed by atoms with Crippen LogP contribution in [0.1, 0.15) is 50.2 Å². The topological polar surface area (TPSA) is 55.1 Å². The molecule has 0 atom stereocenters. The van der Waals surface area contributed by atoms with Crippen molar-refractivity contribution in [1.29, 1.82) is 0 Å². The van der Waals surface area contributed by atoms with Crippen molar-refractivity contribution in [1.82, 2.24) is 5.32 Å². The Morgan fingerprint density at radius 1 is 1.26 bits per heavy atom. The second kappa shape index (κ2) is 6.20. The van der Waals surface area contributed by atoms with Crippen molar-refractivity contribution in [2.45, 2.75) is 57.5 Å². The fourth-order valence-corrected chi connectivity index (χ4v) is 2.91. The number of benzene rings is 1. The van der Waals surface area contributed by atoms with Crippen LogP contribution in [0.4, 0.5) is 0 Å². The highest BCUT2D eigenvalue weighted by molar-refractivity contribution is 5.77. The number of carbonyl (C=O) groups is 1. The lowest BCUT2D eigenvalue weighted by Gasteiger charge is -2.22.